The molecule has 21 heteroatoms. The summed E-state index contributed by atoms with van der Waals surface area (Å²) in [4.78, 5) is 68.6. The first kappa shape index (κ1) is 51.6. The first-order valence-corrected chi connectivity index (χ1v) is 25.7. The van der Waals surface area contributed by atoms with Crippen LogP contribution in [0.25, 0.3) is 22.6 Å². The summed E-state index contributed by atoms with van der Waals surface area (Å²) in [6.45, 7) is 7.60. The first-order valence-electron chi connectivity index (χ1n) is 24.2. The highest BCUT2D eigenvalue weighted by Crippen LogP contribution is 2.48. The number of hydrogen-bond acceptors (Lipinski definition) is 13. The van der Waals surface area contributed by atoms with Crippen molar-refractivity contribution < 1.29 is 64.5 Å². The molecular weight excluding hydrogens is 950 g/mol. The van der Waals surface area contributed by atoms with E-state index in [-0.39, 0.29) is 50.7 Å². The highest BCUT2D eigenvalue weighted by Gasteiger charge is 2.64. The quantitative estimate of drug-likeness (QED) is 0.164. The number of alkyl carbamates (subject to hydrolysis) is 1. The van der Waals surface area contributed by atoms with Crippen molar-refractivity contribution in [3.63, 3.8) is 0 Å². The van der Waals surface area contributed by atoms with Crippen molar-refractivity contribution >= 4 is 33.8 Å². The molecule has 1 unspecified atom stereocenters. The lowest BCUT2D eigenvalue weighted by atomic mass is 9.96. The molecule has 0 bridgehead atoms. The molecule has 2 aliphatic carbocycles. The largest absolute Gasteiger partial charge is 0.491 e. The van der Waals surface area contributed by atoms with Crippen LogP contribution in [0.3, 0.4) is 0 Å². The van der Waals surface area contributed by atoms with E-state index in [1.54, 1.807) is 62.5 Å². The molecule has 8 rings (SSSR count). The number of carbonyl (C=O) groups excluding carboxylic acids is 4. The number of fused-ring (bicyclic) bond motifs is 2. The molecule has 3 aromatic rings. The zero-order valence-corrected chi connectivity index (χ0v) is 41.1. The third kappa shape index (κ3) is 11.3. The summed E-state index contributed by atoms with van der Waals surface area (Å²) in [5, 5.41) is 5.22. The fourth-order valence-electron chi connectivity index (χ4n) is 9.30. The summed E-state index contributed by atoms with van der Waals surface area (Å²) in [6, 6.07) is 12.9. The number of ether oxygens (including phenoxy) is 5. The number of alkyl halides is 3. The number of pyridine rings is 2. The van der Waals surface area contributed by atoms with Crippen molar-refractivity contribution in [1.29, 1.82) is 0 Å². The lowest BCUT2D eigenvalue weighted by molar-refractivity contribution is -0.285. The average molecular weight is 1010 g/mol. The van der Waals surface area contributed by atoms with Gasteiger partial charge < -0.3 is 39.2 Å². The molecule has 0 radical (unpaired) electrons. The molecule has 2 saturated heterocycles. The topological polar surface area (TPSA) is 214 Å². The predicted octanol–water partition coefficient (Wildman–Crippen LogP) is 6.56. The van der Waals surface area contributed by atoms with Crippen LogP contribution in [0, 0.1) is 5.92 Å². The SMILES string of the molecule is CC[C@@H]1O[C@H](C)CC/C=C\[C@@H]2C[C@@]2(C(=O)NS(=O)(=O)C2(C)CC2)NC(=O)[C@@H]2C[C@@H](Oc3cc(-c4ccc(OC(C)C)cc4)nc(-c4ccccn4)c3)CN2C(=O)[C@H]1NC(=O)OC1(C(F)(F)F)CCCOC1. The highest BCUT2D eigenvalue weighted by molar-refractivity contribution is 7.91. The molecule has 4 amide bonds. The van der Waals surface area contributed by atoms with Crippen LogP contribution in [-0.2, 0) is 38.6 Å². The van der Waals surface area contributed by atoms with E-state index in [4.69, 9.17) is 28.7 Å². The number of halogens is 3. The second-order valence-corrected chi connectivity index (χ2v) is 21.9. The van der Waals surface area contributed by atoms with Crippen molar-refractivity contribution in [3.05, 3.63) is 72.9 Å². The molecule has 1 aromatic carbocycles. The van der Waals surface area contributed by atoms with Crippen molar-refractivity contribution in [3.8, 4) is 34.1 Å². The molecule has 8 atom stereocenters. The Balaban J connectivity index is 1.16. The standard InChI is InChI=1S/C50H61F3N6O11S/c1-6-41-42(56-46(63)70-48(50(51,52)53)19-11-23-66-29-48)44(61)59-28-36(69-35-24-38(32-15-17-34(18-16-32)67-30(2)3)55-39(25-35)37-14-9-10-22-54-37)26-40(59)43(60)57-49(27-33(49)13-8-7-12-31(4)68-41)45(62)58-71(64,65)47(5)20-21-47/h8-10,13-18,22,24-25,30-31,33,36,40-42H,6-7,11-12,19-21,23,26-29H2,1-5H3,(H,56,63)(H,57,60)(H,58,62)/b13-8-/t31-,33-,36-,40+,41+,42+,48?,49-/m1/s1. The Hall–Kier alpha value is -5.80. The maximum atomic E-state index is 15.3. The number of rotatable bonds is 12. The van der Waals surface area contributed by atoms with Crippen molar-refractivity contribution in [2.24, 2.45) is 5.92 Å². The van der Waals surface area contributed by atoms with E-state index < -0.39 is 105 Å². The third-order valence-corrected chi connectivity index (χ3v) is 16.0. The van der Waals surface area contributed by atoms with Gasteiger partial charge in [0.1, 0.15) is 35.2 Å². The summed E-state index contributed by atoms with van der Waals surface area (Å²) in [5.41, 5.74) is -2.53. The van der Waals surface area contributed by atoms with E-state index in [1.807, 2.05) is 38.1 Å². The van der Waals surface area contributed by atoms with Crippen LogP contribution in [0.15, 0.2) is 72.9 Å². The maximum Gasteiger partial charge on any atom is 0.430 e. The second kappa shape index (κ2) is 20.4. The van der Waals surface area contributed by atoms with Crippen LogP contribution in [0.2, 0.25) is 0 Å². The average Bonchev–Trinajstić information content (AvgIpc) is 4.21. The van der Waals surface area contributed by atoms with Gasteiger partial charge in [-0.25, -0.2) is 18.2 Å². The summed E-state index contributed by atoms with van der Waals surface area (Å²) >= 11 is 0. The van der Waals surface area contributed by atoms with Crippen LogP contribution in [0.5, 0.6) is 11.5 Å². The van der Waals surface area contributed by atoms with Gasteiger partial charge >= 0.3 is 12.3 Å². The summed E-state index contributed by atoms with van der Waals surface area (Å²) < 4.78 is 101. The molecular formula is C50H61F3N6O11S. The Bertz CT molecular complexity index is 2590. The molecule has 3 N–H and O–H groups in total. The minimum absolute atomic E-state index is 0.0372. The number of allylic oxidation sites excluding steroid dienone is 1. The van der Waals surface area contributed by atoms with Gasteiger partial charge in [-0.15, -0.1) is 0 Å². The van der Waals surface area contributed by atoms with Gasteiger partial charge in [0.25, 0.3) is 5.91 Å². The minimum atomic E-state index is -5.02. The van der Waals surface area contributed by atoms with Crippen LogP contribution in [0.1, 0.15) is 92.4 Å². The number of hydrogen-bond donors (Lipinski definition) is 3. The number of amides is 4. The Morgan fingerprint density at radius 3 is 2.42 bits per heavy atom. The maximum absolute atomic E-state index is 15.3. The Labute approximate surface area is 411 Å². The van der Waals surface area contributed by atoms with Gasteiger partial charge in [0.05, 0.1) is 53.3 Å². The van der Waals surface area contributed by atoms with Crippen LogP contribution in [0.4, 0.5) is 18.0 Å². The van der Waals surface area contributed by atoms with Crippen molar-refractivity contribution in [2.75, 3.05) is 19.8 Å². The lowest BCUT2D eigenvalue weighted by Crippen LogP contribution is -2.62. The summed E-state index contributed by atoms with van der Waals surface area (Å²) in [7, 11) is -4.14. The second-order valence-electron chi connectivity index (χ2n) is 19.7. The van der Waals surface area contributed by atoms with Gasteiger partial charge in [0.15, 0.2) is 0 Å². The Morgan fingerprint density at radius 2 is 1.77 bits per heavy atom. The van der Waals surface area contributed by atoms with Crippen LogP contribution in [-0.4, -0.2) is 125 Å². The van der Waals surface area contributed by atoms with E-state index in [2.05, 4.69) is 20.3 Å². The van der Waals surface area contributed by atoms with Crippen molar-refractivity contribution in [1.82, 2.24) is 30.2 Å². The lowest BCUT2D eigenvalue weighted by Gasteiger charge is -2.38. The van der Waals surface area contributed by atoms with Gasteiger partial charge in [0.2, 0.25) is 27.4 Å². The van der Waals surface area contributed by atoms with Gasteiger partial charge in [-0.05, 0) is 109 Å². The van der Waals surface area contributed by atoms with Crippen LogP contribution >= 0.6 is 0 Å². The highest BCUT2D eigenvalue weighted by atomic mass is 32.2. The number of aromatic nitrogens is 2. The Morgan fingerprint density at radius 1 is 1.03 bits per heavy atom. The van der Waals surface area contributed by atoms with Crippen LogP contribution < -0.4 is 24.8 Å². The zero-order chi connectivity index (χ0) is 50.9. The van der Waals surface area contributed by atoms with E-state index >= 15 is 4.79 Å². The minimum Gasteiger partial charge on any atom is -0.491 e. The van der Waals surface area contributed by atoms with Gasteiger partial charge in [-0.3, -0.25) is 24.1 Å². The number of nitrogens with one attached hydrogen (secondary N) is 3. The van der Waals surface area contributed by atoms with E-state index in [1.165, 1.54) is 6.92 Å². The number of benzene rings is 1. The van der Waals surface area contributed by atoms with E-state index in [0.717, 1.165) is 4.90 Å². The number of nitrogens with zero attached hydrogens (tertiary/aromatic N) is 3. The molecule has 0 spiro atoms. The molecule has 5 aliphatic rings. The molecule has 384 valence electrons. The summed E-state index contributed by atoms with van der Waals surface area (Å²) in [5.74, 6) is -2.32. The molecule has 3 aliphatic heterocycles. The normalized spacial score (nSPS) is 29.3. The molecule has 5 heterocycles. The monoisotopic (exact) mass is 1010 g/mol. The van der Waals surface area contributed by atoms with Gasteiger partial charge in [0, 0.05) is 49.3 Å². The third-order valence-electron chi connectivity index (χ3n) is 13.8. The molecule has 2 aromatic heterocycles. The van der Waals surface area contributed by atoms with Gasteiger partial charge in [-0.1, -0.05) is 25.1 Å². The molecule has 17 nitrogen and oxygen atoms in total. The fraction of sp³-hybridized carbons (Fsp3) is 0.560. The molecule has 71 heavy (non-hydrogen) atoms. The van der Waals surface area contributed by atoms with Gasteiger partial charge in [-0.2, -0.15) is 13.2 Å². The zero-order valence-electron chi connectivity index (χ0n) is 40.3. The number of sulfonamides is 1. The Kier molecular flexibility index (Phi) is 14.8. The van der Waals surface area contributed by atoms with E-state index in [0.29, 0.717) is 54.1 Å². The predicted molar refractivity (Wildman–Crippen MR) is 252 cm³/mol. The molecule has 2 saturated carbocycles. The fourth-order valence-corrected chi connectivity index (χ4v) is 10.6. The van der Waals surface area contributed by atoms with Crippen molar-refractivity contribution in [2.45, 2.75) is 151 Å². The summed E-state index contributed by atoms with van der Waals surface area (Å²) in [6.07, 6.45) is -3.25. The molecule has 4 fully saturated rings. The van der Waals surface area contributed by atoms with E-state index in [9.17, 15) is 36.0 Å². The number of carbonyl (C=O) groups is 4. The first-order chi connectivity index (χ1) is 33.6. The smallest absolute Gasteiger partial charge is 0.430 e.